The molecule has 0 saturated carbocycles. The summed E-state index contributed by atoms with van der Waals surface area (Å²) in [5, 5.41) is 8.08. The number of hydrogen-bond acceptors (Lipinski definition) is 4. The molecule has 1 heterocycles. The zero-order chi connectivity index (χ0) is 13.0. The van der Waals surface area contributed by atoms with Crippen LogP contribution >= 0.6 is 11.6 Å². The van der Waals surface area contributed by atoms with Gasteiger partial charge in [0.05, 0.1) is 0 Å². The van der Waals surface area contributed by atoms with E-state index in [2.05, 4.69) is 10.2 Å². The van der Waals surface area contributed by atoms with Crippen LogP contribution in [0.2, 0.25) is 5.15 Å². The molecule has 0 spiro atoms. The third-order valence-electron chi connectivity index (χ3n) is 2.41. The number of rotatable bonds is 4. The summed E-state index contributed by atoms with van der Waals surface area (Å²) in [6.45, 7) is 0.376. The van der Waals surface area contributed by atoms with E-state index >= 15 is 0 Å². The second-order valence-electron chi connectivity index (χ2n) is 4.03. The Kier molecular flexibility index (Phi) is 3.99. The van der Waals surface area contributed by atoms with Crippen LogP contribution in [0.4, 0.5) is 5.69 Å². The molecule has 0 unspecified atom stereocenters. The molecule has 5 heteroatoms. The average Bonchev–Trinajstić information content (AvgIpc) is 2.38. The molecule has 1 aromatic heterocycles. The van der Waals surface area contributed by atoms with Gasteiger partial charge in [0, 0.05) is 25.8 Å². The molecule has 4 nitrogen and oxygen atoms in total. The topological polar surface area (TPSA) is 38.2 Å². The van der Waals surface area contributed by atoms with Crippen LogP contribution in [0, 0.1) is 0 Å². The second kappa shape index (κ2) is 5.69. The Morgan fingerprint density at radius 3 is 2.67 bits per heavy atom. The van der Waals surface area contributed by atoms with Crippen molar-refractivity contribution in [2.75, 3.05) is 19.0 Å². The zero-order valence-electron chi connectivity index (χ0n) is 10.3. The molecular weight excluding hydrogens is 250 g/mol. The van der Waals surface area contributed by atoms with Crippen molar-refractivity contribution in [3.63, 3.8) is 0 Å². The van der Waals surface area contributed by atoms with Gasteiger partial charge in [-0.2, -0.15) is 5.10 Å². The van der Waals surface area contributed by atoms with Crippen molar-refractivity contribution < 1.29 is 4.74 Å². The molecule has 1 aromatic carbocycles. The van der Waals surface area contributed by atoms with Gasteiger partial charge in [0.25, 0.3) is 0 Å². The predicted molar refractivity (Wildman–Crippen MR) is 72.1 cm³/mol. The molecule has 2 aromatic rings. The fraction of sp³-hybridized carbons (Fsp3) is 0.231. The summed E-state index contributed by atoms with van der Waals surface area (Å²) in [5.74, 6) is 0.804. The third-order valence-corrected chi connectivity index (χ3v) is 2.61. The summed E-state index contributed by atoms with van der Waals surface area (Å²) in [6.07, 6.45) is 0. The number of ether oxygens (including phenoxy) is 1. The lowest BCUT2D eigenvalue weighted by Crippen LogP contribution is -2.08. The van der Waals surface area contributed by atoms with Crippen molar-refractivity contribution in [2.24, 2.45) is 0 Å². The monoisotopic (exact) mass is 263 g/mol. The van der Waals surface area contributed by atoms with E-state index in [9.17, 15) is 0 Å². The maximum atomic E-state index is 5.66. The van der Waals surface area contributed by atoms with E-state index in [1.54, 1.807) is 12.1 Å². The molecular formula is C13H14ClN3O. The van der Waals surface area contributed by atoms with Gasteiger partial charge in [-0.1, -0.05) is 17.7 Å². The number of aromatic nitrogens is 2. The van der Waals surface area contributed by atoms with Crippen LogP contribution in [-0.4, -0.2) is 24.3 Å². The highest BCUT2D eigenvalue weighted by atomic mass is 35.5. The van der Waals surface area contributed by atoms with Crippen molar-refractivity contribution >= 4 is 17.3 Å². The maximum absolute atomic E-state index is 5.66. The lowest BCUT2D eigenvalue weighted by Gasteiger charge is -2.13. The first-order valence-corrected chi connectivity index (χ1v) is 5.91. The summed E-state index contributed by atoms with van der Waals surface area (Å²) >= 11 is 5.66. The number of anilines is 1. The van der Waals surface area contributed by atoms with Gasteiger partial charge in [-0.05, 0) is 24.3 Å². The normalized spacial score (nSPS) is 10.2. The smallest absolute Gasteiger partial charge is 0.151 e. The fourth-order valence-corrected chi connectivity index (χ4v) is 1.53. The Balaban J connectivity index is 2.01. The number of halogens is 1. The molecule has 0 atom stereocenters. The van der Waals surface area contributed by atoms with Gasteiger partial charge < -0.3 is 9.64 Å². The summed E-state index contributed by atoms with van der Waals surface area (Å²) in [5.41, 5.74) is 1.84. The van der Waals surface area contributed by atoms with E-state index in [0.29, 0.717) is 11.8 Å². The van der Waals surface area contributed by atoms with Crippen molar-refractivity contribution in [2.45, 2.75) is 6.61 Å². The molecule has 0 fully saturated rings. The highest BCUT2D eigenvalue weighted by molar-refractivity contribution is 6.29. The second-order valence-corrected chi connectivity index (χ2v) is 4.42. The van der Waals surface area contributed by atoms with Gasteiger partial charge in [-0.3, -0.25) is 0 Å². The third kappa shape index (κ3) is 3.34. The van der Waals surface area contributed by atoms with Gasteiger partial charge in [0.2, 0.25) is 0 Å². The average molecular weight is 264 g/mol. The molecule has 2 rings (SSSR count). The van der Waals surface area contributed by atoms with Crippen LogP contribution in [0.1, 0.15) is 5.69 Å². The summed E-state index contributed by atoms with van der Waals surface area (Å²) < 4.78 is 5.65. The Bertz CT molecular complexity index is 514. The van der Waals surface area contributed by atoms with Crippen molar-refractivity contribution in [1.82, 2.24) is 10.2 Å². The first-order valence-electron chi connectivity index (χ1n) is 5.53. The molecule has 0 saturated heterocycles. The molecule has 0 bridgehead atoms. The highest BCUT2D eigenvalue weighted by Crippen LogP contribution is 2.20. The van der Waals surface area contributed by atoms with Crippen LogP contribution in [0.15, 0.2) is 36.4 Å². The van der Waals surface area contributed by atoms with Crippen LogP contribution in [0.25, 0.3) is 0 Å². The van der Waals surface area contributed by atoms with E-state index in [1.165, 1.54) is 0 Å². The number of benzene rings is 1. The van der Waals surface area contributed by atoms with E-state index < -0.39 is 0 Å². The van der Waals surface area contributed by atoms with Gasteiger partial charge in [-0.15, -0.1) is 5.10 Å². The van der Waals surface area contributed by atoms with Crippen LogP contribution in [0.3, 0.4) is 0 Å². The summed E-state index contributed by atoms with van der Waals surface area (Å²) in [4.78, 5) is 2.02. The van der Waals surface area contributed by atoms with Gasteiger partial charge in [-0.25, -0.2) is 0 Å². The van der Waals surface area contributed by atoms with Crippen LogP contribution < -0.4 is 9.64 Å². The molecule has 0 N–H and O–H groups in total. The van der Waals surface area contributed by atoms with Gasteiger partial charge in [0.15, 0.2) is 5.15 Å². The first-order chi connectivity index (χ1) is 8.65. The minimum Gasteiger partial charge on any atom is -0.487 e. The molecule has 94 valence electrons. The summed E-state index contributed by atoms with van der Waals surface area (Å²) in [7, 11) is 3.98. The standard InChI is InChI=1S/C13H14ClN3O/c1-17(2)11-4-3-5-12(8-11)18-9-10-6-7-13(14)16-15-10/h3-8H,9H2,1-2H3. The quantitative estimate of drug-likeness (QED) is 0.850. The maximum Gasteiger partial charge on any atom is 0.151 e. The van der Waals surface area contributed by atoms with E-state index in [-0.39, 0.29) is 0 Å². The predicted octanol–water partition coefficient (Wildman–Crippen LogP) is 2.78. The lowest BCUT2D eigenvalue weighted by atomic mass is 10.3. The van der Waals surface area contributed by atoms with Crippen molar-refractivity contribution in [3.05, 3.63) is 47.2 Å². The Morgan fingerprint density at radius 2 is 2.00 bits per heavy atom. The van der Waals surface area contributed by atoms with E-state index in [0.717, 1.165) is 17.1 Å². The van der Waals surface area contributed by atoms with Crippen molar-refractivity contribution in [1.29, 1.82) is 0 Å². The van der Waals surface area contributed by atoms with Crippen LogP contribution in [-0.2, 0) is 6.61 Å². The zero-order valence-corrected chi connectivity index (χ0v) is 11.1. The van der Waals surface area contributed by atoms with E-state index in [4.69, 9.17) is 16.3 Å². The molecule has 0 radical (unpaired) electrons. The number of nitrogens with zero attached hydrogens (tertiary/aromatic N) is 3. The molecule has 18 heavy (non-hydrogen) atoms. The largest absolute Gasteiger partial charge is 0.487 e. The minimum absolute atomic E-state index is 0.376. The highest BCUT2D eigenvalue weighted by Gasteiger charge is 2.01. The Labute approximate surface area is 111 Å². The van der Waals surface area contributed by atoms with Gasteiger partial charge >= 0.3 is 0 Å². The minimum atomic E-state index is 0.376. The first kappa shape index (κ1) is 12.6. The molecule has 0 aliphatic rings. The molecule has 0 aliphatic carbocycles. The molecule has 0 aliphatic heterocycles. The van der Waals surface area contributed by atoms with Crippen molar-refractivity contribution in [3.8, 4) is 5.75 Å². The van der Waals surface area contributed by atoms with Crippen LogP contribution in [0.5, 0.6) is 5.75 Å². The lowest BCUT2D eigenvalue weighted by molar-refractivity contribution is 0.300. The summed E-state index contributed by atoms with van der Waals surface area (Å²) in [6, 6.07) is 11.4. The Morgan fingerprint density at radius 1 is 1.17 bits per heavy atom. The SMILES string of the molecule is CN(C)c1cccc(OCc2ccc(Cl)nn2)c1. The molecule has 0 amide bonds. The Hall–Kier alpha value is -1.81. The van der Waals surface area contributed by atoms with E-state index in [1.807, 2.05) is 43.3 Å². The fourth-order valence-electron chi connectivity index (χ4n) is 1.43. The number of hydrogen-bond donors (Lipinski definition) is 0. The van der Waals surface area contributed by atoms with Gasteiger partial charge in [0.1, 0.15) is 18.1 Å².